The highest BCUT2D eigenvalue weighted by Crippen LogP contribution is 2.31. The minimum atomic E-state index is -0.410. The number of nitrogen functional groups attached to an aromatic ring is 1. The molecule has 5 nitrogen and oxygen atoms in total. The number of benzene rings is 1. The maximum Gasteiger partial charge on any atom is 0.357 e. The molecule has 0 aliphatic heterocycles. The number of nitrogens with zero attached hydrogens (tertiary/aromatic N) is 1. The molecule has 2 aromatic rings. The van der Waals surface area contributed by atoms with E-state index in [1.165, 1.54) is 11.3 Å². The largest absolute Gasteiger partial charge is 0.489 e. The fourth-order valence-corrected chi connectivity index (χ4v) is 2.53. The summed E-state index contributed by atoms with van der Waals surface area (Å²) in [4.78, 5) is 15.9. The highest BCUT2D eigenvalue weighted by Gasteiger charge is 2.13. The van der Waals surface area contributed by atoms with Gasteiger partial charge in [0, 0.05) is 10.9 Å². The Hall–Kier alpha value is -2.08. The standard InChI is InChI=1S/C15H18N2O3S/c1-4-19-15(18)12-8-21-14(17-12)10-5-6-13(11(16)7-10)20-9(2)3/h5-9H,4,16H2,1-3H3. The molecule has 2 rings (SSSR count). The van der Waals surface area contributed by atoms with Crippen LogP contribution in [0.5, 0.6) is 5.75 Å². The summed E-state index contributed by atoms with van der Waals surface area (Å²) in [5.41, 5.74) is 7.70. The monoisotopic (exact) mass is 306 g/mol. The lowest BCUT2D eigenvalue weighted by Gasteiger charge is -2.12. The first-order chi connectivity index (χ1) is 10.0. The summed E-state index contributed by atoms with van der Waals surface area (Å²) in [5, 5.41) is 2.41. The van der Waals surface area contributed by atoms with Crippen LogP contribution in [0.15, 0.2) is 23.6 Å². The van der Waals surface area contributed by atoms with Gasteiger partial charge in [0.1, 0.15) is 10.8 Å². The Labute approximate surface area is 127 Å². The number of aromatic nitrogens is 1. The molecule has 0 aliphatic carbocycles. The predicted octanol–water partition coefficient (Wildman–Crippen LogP) is 3.36. The number of nitrogens with two attached hydrogens (primary N) is 1. The molecule has 21 heavy (non-hydrogen) atoms. The third kappa shape index (κ3) is 3.72. The van der Waals surface area contributed by atoms with E-state index in [-0.39, 0.29) is 6.10 Å². The fourth-order valence-electron chi connectivity index (χ4n) is 1.75. The van der Waals surface area contributed by atoms with Gasteiger partial charge >= 0.3 is 5.97 Å². The Bertz CT molecular complexity index is 638. The topological polar surface area (TPSA) is 74.4 Å². The van der Waals surface area contributed by atoms with Gasteiger partial charge in [0.05, 0.1) is 18.4 Å². The zero-order chi connectivity index (χ0) is 15.4. The van der Waals surface area contributed by atoms with E-state index in [0.717, 1.165) is 10.6 Å². The van der Waals surface area contributed by atoms with Gasteiger partial charge in [0.15, 0.2) is 5.69 Å². The third-order valence-electron chi connectivity index (χ3n) is 2.61. The van der Waals surface area contributed by atoms with Gasteiger partial charge in [0.25, 0.3) is 0 Å². The van der Waals surface area contributed by atoms with Crippen molar-refractivity contribution in [1.29, 1.82) is 0 Å². The van der Waals surface area contributed by atoms with Gasteiger partial charge in [-0.3, -0.25) is 0 Å². The van der Waals surface area contributed by atoms with Gasteiger partial charge in [-0.15, -0.1) is 11.3 Å². The molecule has 0 bridgehead atoms. The van der Waals surface area contributed by atoms with Crippen LogP contribution >= 0.6 is 11.3 Å². The summed E-state index contributed by atoms with van der Waals surface area (Å²) in [7, 11) is 0. The Morgan fingerprint density at radius 1 is 1.43 bits per heavy atom. The van der Waals surface area contributed by atoms with Crippen molar-refractivity contribution in [3.8, 4) is 16.3 Å². The highest BCUT2D eigenvalue weighted by molar-refractivity contribution is 7.13. The van der Waals surface area contributed by atoms with Crippen LogP contribution in [-0.2, 0) is 4.74 Å². The predicted molar refractivity (Wildman–Crippen MR) is 83.7 cm³/mol. The first kappa shape index (κ1) is 15.3. The van der Waals surface area contributed by atoms with Crippen molar-refractivity contribution in [3.63, 3.8) is 0 Å². The number of carbonyl (C=O) groups excluding carboxylic acids is 1. The number of ether oxygens (including phenoxy) is 2. The van der Waals surface area contributed by atoms with Gasteiger partial charge in [-0.25, -0.2) is 9.78 Å². The van der Waals surface area contributed by atoms with Crippen molar-refractivity contribution in [3.05, 3.63) is 29.3 Å². The summed E-state index contributed by atoms with van der Waals surface area (Å²) in [6.07, 6.45) is 0.0634. The van der Waals surface area contributed by atoms with E-state index in [1.807, 2.05) is 26.0 Å². The lowest BCUT2D eigenvalue weighted by molar-refractivity contribution is 0.0520. The van der Waals surface area contributed by atoms with Crippen molar-refractivity contribution in [2.75, 3.05) is 12.3 Å². The molecule has 0 saturated heterocycles. The van der Waals surface area contributed by atoms with Crippen molar-refractivity contribution in [2.45, 2.75) is 26.9 Å². The number of anilines is 1. The van der Waals surface area contributed by atoms with E-state index in [2.05, 4.69) is 4.98 Å². The van der Waals surface area contributed by atoms with Gasteiger partial charge in [0.2, 0.25) is 0 Å². The minimum absolute atomic E-state index is 0.0634. The molecule has 0 spiro atoms. The molecular weight excluding hydrogens is 288 g/mol. The smallest absolute Gasteiger partial charge is 0.357 e. The summed E-state index contributed by atoms with van der Waals surface area (Å²) in [5.74, 6) is 0.239. The van der Waals surface area contributed by atoms with Crippen LogP contribution in [0.1, 0.15) is 31.3 Å². The summed E-state index contributed by atoms with van der Waals surface area (Å²) in [6, 6.07) is 5.49. The Balaban J connectivity index is 2.23. The van der Waals surface area contributed by atoms with E-state index in [4.69, 9.17) is 15.2 Å². The molecule has 0 unspecified atom stereocenters. The van der Waals surface area contributed by atoms with E-state index in [9.17, 15) is 4.79 Å². The van der Waals surface area contributed by atoms with Crippen LogP contribution in [0.2, 0.25) is 0 Å². The van der Waals surface area contributed by atoms with Crippen molar-refractivity contribution >= 4 is 23.0 Å². The second kappa shape index (κ2) is 6.58. The second-order valence-electron chi connectivity index (χ2n) is 4.68. The van der Waals surface area contributed by atoms with Gasteiger partial charge in [-0.05, 0) is 39.0 Å². The van der Waals surface area contributed by atoms with E-state index in [1.54, 1.807) is 18.4 Å². The molecule has 112 valence electrons. The van der Waals surface area contributed by atoms with E-state index in [0.29, 0.717) is 23.7 Å². The molecule has 0 amide bonds. The first-order valence-electron chi connectivity index (χ1n) is 6.70. The number of esters is 1. The van der Waals surface area contributed by atoms with Crippen LogP contribution in [-0.4, -0.2) is 23.7 Å². The third-order valence-corrected chi connectivity index (χ3v) is 3.50. The number of rotatable bonds is 5. The quantitative estimate of drug-likeness (QED) is 0.677. The molecule has 0 radical (unpaired) electrons. The fraction of sp³-hybridized carbons (Fsp3) is 0.333. The highest BCUT2D eigenvalue weighted by atomic mass is 32.1. The van der Waals surface area contributed by atoms with Gasteiger partial charge < -0.3 is 15.2 Å². The van der Waals surface area contributed by atoms with Crippen molar-refractivity contribution in [2.24, 2.45) is 0 Å². The molecule has 1 aromatic carbocycles. The molecule has 2 N–H and O–H groups in total. The molecule has 0 aliphatic rings. The normalized spacial score (nSPS) is 10.7. The van der Waals surface area contributed by atoms with Crippen LogP contribution in [0.25, 0.3) is 10.6 Å². The Morgan fingerprint density at radius 2 is 2.19 bits per heavy atom. The van der Waals surface area contributed by atoms with Gasteiger partial charge in [-0.1, -0.05) is 0 Å². The number of thiazole rings is 1. The zero-order valence-electron chi connectivity index (χ0n) is 12.3. The summed E-state index contributed by atoms with van der Waals surface area (Å²) >= 11 is 1.38. The maximum atomic E-state index is 11.6. The Morgan fingerprint density at radius 3 is 2.81 bits per heavy atom. The molecule has 6 heteroatoms. The molecule has 1 aromatic heterocycles. The molecule has 0 saturated carbocycles. The van der Waals surface area contributed by atoms with Crippen LogP contribution in [0.3, 0.4) is 0 Å². The SMILES string of the molecule is CCOC(=O)c1csc(-c2ccc(OC(C)C)c(N)c2)n1. The van der Waals surface area contributed by atoms with Crippen LogP contribution in [0.4, 0.5) is 5.69 Å². The number of hydrogen-bond acceptors (Lipinski definition) is 6. The molecular formula is C15H18N2O3S. The van der Waals surface area contributed by atoms with E-state index >= 15 is 0 Å². The van der Waals surface area contributed by atoms with Gasteiger partial charge in [-0.2, -0.15) is 0 Å². The molecule has 0 fully saturated rings. The second-order valence-corrected chi connectivity index (χ2v) is 5.54. The molecule has 1 heterocycles. The average Bonchev–Trinajstić information content (AvgIpc) is 2.90. The van der Waals surface area contributed by atoms with E-state index < -0.39 is 5.97 Å². The Kier molecular flexibility index (Phi) is 4.80. The van der Waals surface area contributed by atoms with Crippen molar-refractivity contribution < 1.29 is 14.3 Å². The first-order valence-corrected chi connectivity index (χ1v) is 7.58. The lowest BCUT2D eigenvalue weighted by Crippen LogP contribution is -2.07. The van der Waals surface area contributed by atoms with Crippen LogP contribution < -0.4 is 10.5 Å². The lowest BCUT2D eigenvalue weighted by atomic mass is 10.2. The zero-order valence-corrected chi connectivity index (χ0v) is 13.1. The average molecular weight is 306 g/mol. The summed E-state index contributed by atoms with van der Waals surface area (Å²) < 4.78 is 10.5. The minimum Gasteiger partial charge on any atom is -0.489 e. The maximum absolute atomic E-state index is 11.6. The van der Waals surface area contributed by atoms with Crippen molar-refractivity contribution in [1.82, 2.24) is 4.98 Å². The number of hydrogen-bond donors (Lipinski definition) is 1. The molecule has 0 atom stereocenters. The van der Waals surface area contributed by atoms with Crippen LogP contribution in [0, 0.1) is 0 Å². The number of carbonyl (C=O) groups is 1. The summed E-state index contributed by atoms with van der Waals surface area (Å²) in [6.45, 7) is 5.98.